The lowest BCUT2D eigenvalue weighted by molar-refractivity contribution is -0.115. The van der Waals surface area contributed by atoms with E-state index in [4.69, 9.17) is 4.84 Å². The number of ketones is 1. The molecule has 0 bridgehead atoms. The molecular weight excluding hydrogens is 202 g/mol. The third-order valence-corrected chi connectivity index (χ3v) is 2.07. The van der Waals surface area contributed by atoms with Crippen molar-refractivity contribution in [1.29, 1.82) is 0 Å². The molecule has 16 heavy (non-hydrogen) atoms. The van der Waals surface area contributed by atoms with Crippen molar-refractivity contribution in [3.63, 3.8) is 0 Å². The Bertz CT molecular complexity index is 357. The molecule has 3 nitrogen and oxygen atoms in total. The van der Waals surface area contributed by atoms with Gasteiger partial charge in [-0.15, -0.1) is 0 Å². The number of Topliss-reactive ketones (excluding diaryl/α,β-unsaturated/α-hetero) is 1. The lowest BCUT2D eigenvalue weighted by Crippen LogP contribution is -2.17. The van der Waals surface area contributed by atoms with Gasteiger partial charge in [0.2, 0.25) is 0 Å². The molecule has 0 heterocycles. The number of rotatable bonds is 3. The van der Waals surface area contributed by atoms with Crippen molar-refractivity contribution in [2.75, 3.05) is 0 Å². The van der Waals surface area contributed by atoms with Crippen LogP contribution < -0.4 is 0 Å². The van der Waals surface area contributed by atoms with Gasteiger partial charge in [0.25, 0.3) is 0 Å². The Morgan fingerprint density at radius 2 is 2.12 bits per heavy atom. The monoisotopic (exact) mass is 221 g/mol. The van der Waals surface area contributed by atoms with Crippen molar-refractivity contribution in [1.82, 2.24) is 0 Å². The van der Waals surface area contributed by atoms with Crippen molar-refractivity contribution in [2.24, 2.45) is 5.16 Å². The molecule has 0 aromatic heterocycles. The summed E-state index contributed by atoms with van der Waals surface area (Å²) in [5, 5.41) is 4.05. The summed E-state index contributed by atoms with van der Waals surface area (Å²) in [4.78, 5) is 16.7. The molecule has 0 atom stereocenters. The molecule has 0 unspecified atom stereocenters. The summed E-state index contributed by atoms with van der Waals surface area (Å²) < 4.78 is 0. The third kappa shape index (κ3) is 4.01. The van der Waals surface area contributed by atoms with E-state index < -0.39 is 0 Å². The van der Waals surface area contributed by atoms with E-state index in [2.05, 4.69) is 5.16 Å². The molecule has 0 aromatic rings. The number of hydrogen-bond acceptors (Lipinski definition) is 3. The summed E-state index contributed by atoms with van der Waals surface area (Å²) in [5.41, 5.74) is 1.35. The van der Waals surface area contributed by atoms with E-state index in [9.17, 15) is 4.79 Å². The summed E-state index contributed by atoms with van der Waals surface area (Å²) in [5.74, 6) is 0.173. The molecule has 0 radical (unpaired) electrons. The van der Waals surface area contributed by atoms with E-state index in [1.807, 2.05) is 39.8 Å². The van der Waals surface area contributed by atoms with Crippen LogP contribution in [0.15, 0.2) is 29.0 Å². The predicted molar refractivity (Wildman–Crippen MR) is 65.4 cm³/mol. The normalized spacial score (nSPS) is 18.5. The number of carbonyl (C=O) groups excluding carboxylic acids is 1. The Kier molecular flexibility index (Phi) is 4.05. The molecule has 0 aliphatic heterocycles. The van der Waals surface area contributed by atoms with Gasteiger partial charge in [0.1, 0.15) is 5.60 Å². The largest absolute Gasteiger partial charge is 0.390 e. The fourth-order valence-electron chi connectivity index (χ4n) is 1.21. The summed E-state index contributed by atoms with van der Waals surface area (Å²) in [6.07, 6.45) is 6.75. The molecule has 3 heteroatoms. The SMILES string of the molecule is CCC(=O)C1=CCC(=NOC(C)(C)C)C=C1. The standard InChI is InChI=1S/C13H19NO2/c1-5-12(15)10-6-8-11(9-7-10)14-16-13(2,3)4/h6-8H,5,9H2,1-4H3. The van der Waals surface area contributed by atoms with Crippen LogP contribution in [0.3, 0.4) is 0 Å². The van der Waals surface area contributed by atoms with Gasteiger partial charge in [0.05, 0.1) is 5.71 Å². The highest BCUT2D eigenvalue weighted by molar-refractivity contribution is 6.04. The van der Waals surface area contributed by atoms with Crippen LogP contribution in [0.5, 0.6) is 0 Å². The Morgan fingerprint density at radius 3 is 2.56 bits per heavy atom. The van der Waals surface area contributed by atoms with Gasteiger partial charge in [-0.3, -0.25) is 4.79 Å². The van der Waals surface area contributed by atoms with Crippen LogP contribution in [0.4, 0.5) is 0 Å². The maximum atomic E-state index is 11.4. The van der Waals surface area contributed by atoms with Crippen molar-refractivity contribution in [3.8, 4) is 0 Å². The van der Waals surface area contributed by atoms with Gasteiger partial charge in [-0.1, -0.05) is 18.2 Å². The van der Waals surface area contributed by atoms with Crippen molar-refractivity contribution in [3.05, 3.63) is 23.8 Å². The summed E-state index contributed by atoms with van der Waals surface area (Å²) in [6.45, 7) is 7.71. The number of nitrogens with zero attached hydrogens (tertiary/aromatic N) is 1. The Morgan fingerprint density at radius 1 is 1.44 bits per heavy atom. The molecule has 1 aliphatic carbocycles. The highest BCUT2D eigenvalue weighted by atomic mass is 16.6. The first-order chi connectivity index (χ1) is 7.42. The van der Waals surface area contributed by atoms with Crippen molar-refractivity contribution in [2.45, 2.75) is 46.1 Å². The molecule has 0 N–H and O–H groups in total. The summed E-state index contributed by atoms with van der Waals surface area (Å²) in [6, 6.07) is 0. The number of hydrogen-bond donors (Lipinski definition) is 0. The quantitative estimate of drug-likeness (QED) is 0.687. The minimum Gasteiger partial charge on any atom is -0.390 e. The second kappa shape index (κ2) is 5.10. The maximum Gasteiger partial charge on any atom is 0.162 e. The minimum absolute atomic E-state index is 0.173. The second-order valence-corrected chi connectivity index (χ2v) is 4.76. The molecule has 0 aromatic carbocycles. The Labute approximate surface area is 96.9 Å². The molecule has 0 saturated heterocycles. The van der Waals surface area contributed by atoms with Gasteiger partial charge >= 0.3 is 0 Å². The average Bonchev–Trinajstić information content (AvgIpc) is 2.25. The van der Waals surface area contributed by atoms with Gasteiger partial charge in [-0.25, -0.2) is 0 Å². The van der Waals surface area contributed by atoms with E-state index in [1.54, 1.807) is 6.08 Å². The van der Waals surface area contributed by atoms with E-state index in [-0.39, 0.29) is 11.4 Å². The van der Waals surface area contributed by atoms with E-state index in [0.29, 0.717) is 12.8 Å². The highest BCUT2D eigenvalue weighted by Crippen LogP contribution is 2.13. The number of oxime groups is 1. The van der Waals surface area contributed by atoms with Crippen LogP contribution >= 0.6 is 0 Å². The zero-order chi connectivity index (χ0) is 12.2. The van der Waals surface area contributed by atoms with Crippen LogP contribution in [0.1, 0.15) is 40.5 Å². The van der Waals surface area contributed by atoms with Crippen LogP contribution in [0, 0.1) is 0 Å². The lowest BCUT2D eigenvalue weighted by atomic mass is 10.0. The molecule has 0 fully saturated rings. The van der Waals surface area contributed by atoms with Crippen LogP contribution in [0.2, 0.25) is 0 Å². The van der Waals surface area contributed by atoms with E-state index in [1.165, 1.54) is 0 Å². The second-order valence-electron chi connectivity index (χ2n) is 4.76. The lowest BCUT2D eigenvalue weighted by Gasteiger charge is -2.16. The molecule has 1 aliphatic rings. The van der Waals surface area contributed by atoms with E-state index in [0.717, 1.165) is 11.3 Å². The topological polar surface area (TPSA) is 38.7 Å². The fourth-order valence-corrected chi connectivity index (χ4v) is 1.21. The zero-order valence-corrected chi connectivity index (χ0v) is 10.4. The van der Waals surface area contributed by atoms with Crippen molar-refractivity contribution < 1.29 is 9.63 Å². The zero-order valence-electron chi connectivity index (χ0n) is 10.4. The number of carbonyl (C=O) groups is 1. The molecular formula is C13H19NO2. The molecule has 1 rings (SSSR count). The van der Waals surface area contributed by atoms with Gasteiger partial charge in [-0.05, 0) is 32.9 Å². The first-order valence-corrected chi connectivity index (χ1v) is 5.59. The van der Waals surface area contributed by atoms with Gasteiger partial charge < -0.3 is 4.84 Å². The summed E-state index contributed by atoms with van der Waals surface area (Å²) >= 11 is 0. The first kappa shape index (κ1) is 12.7. The minimum atomic E-state index is -0.274. The van der Waals surface area contributed by atoms with Crippen LogP contribution in [0.25, 0.3) is 0 Å². The fraction of sp³-hybridized carbons (Fsp3) is 0.538. The number of allylic oxidation sites excluding steroid dienone is 4. The molecule has 0 amide bonds. The van der Waals surface area contributed by atoms with Crippen LogP contribution in [-0.2, 0) is 9.63 Å². The third-order valence-electron chi connectivity index (χ3n) is 2.07. The molecule has 88 valence electrons. The molecule has 0 saturated carbocycles. The van der Waals surface area contributed by atoms with Gasteiger partial charge in [0, 0.05) is 18.4 Å². The maximum absolute atomic E-state index is 11.4. The van der Waals surface area contributed by atoms with Crippen molar-refractivity contribution >= 4 is 11.5 Å². The molecule has 0 spiro atoms. The predicted octanol–water partition coefficient (Wildman–Crippen LogP) is 3.02. The van der Waals surface area contributed by atoms with Gasteiger partial charge in [0.15, 0.2) is 5.78 Å². The summed E-state index contributed by atoms with van der Waals surface area (Å²) in [7, 11) is 0. The van der Waals surface area contributed by atoms with E-state index >= 15 is 0 Å². The highest BCUT2D eigenvalue weighted by Gasteiger charge is 2.12. The van der Waals surface area contributed by atoms with Crippen LogP contribution in [-0.4, -0.2) is 17.1 Å². The average molecular weight is 221 g/mol. The van der Waals surface area contributed by atoms with Gasteiger partial charge in [-0.2, -0.15) is 0 Å². The Hall–Kier alpha value is -1.38. The Balaban J connectivity index is 2.59. The smallest absolute Gasteiger partial charge is 0.162 e. The first-order valence-electron chi connectivity index (χ1n) is 5.59.